The molecule has 1 aromatic carbocycles. The van der Waals surface area contributed by atoms with Crippen molar-refractivity contribution in [1.29, 1.82) is 0 Å². The number of nitrogens with two attached hydrogens (primary N) is 1. The molecular formula is C18H16F2N2O4S. The Morgan fingerprint density at radius 1 is 1.19 bits per heavy atom. The lowest BCUT2D eigenvalue weighted by atomic mass is 10.1. The first-order chi connectivity index (χ1) is 12.8. The largest absolute Gasteiger partial charge is 0.449 e. The van der Waals surface area contributed by atoms with Gasteiger partial charge in [-0.3, -0.25) is 9.59 Å². The number of aryl methyl sites for hydroxylation is 1. The van der Waals surface area contributed by atoms with Gasteiger partial charge in [0.1, 0.15) is 16.6 Å². The number of hydrogen-bond acceptors (Lipinski definition) is 5. The first-order valence-electron chi connectivity index (χ1n) is 8.18. The van der Waals surface area contributed by atoms with Crippen LogP contribution in [-0.2, 0) is 22.4 Å². The van der Waals surface area contributed by atoms with E-state index in [1.54, 1.807) is 0 Å². The van der Waals surface area contributed by atoms with Crippen molar-refractivity contribution in [2.75, 3.05) is 5.32 Å². The van der Waals surface area contributed by atoms with Crippen molar-refractivity contribution < 1.29 is 27.9 Å². The highest BCUT2D eigenvalue weighted by molar-refractivity contribution is 7.17. The molecule has 3 N–H and O–H groups in total. The van der Waals surface area contributed by atoms with Crippen LogP contribution in [0.1, 0.15) is 44.5 Å². The lowest BCUT2D eigenvalue weighted by Crippen LogP contribution is -2.30. The molecule has 9 heteroatoms. The Hall–Kier alpha value is -2.81. The minimum absolute atomic E-state index is 0.284. The molecule has 6 nitrogen and oxygen atoms in total. The molecule has 0 spiro atoms. The summed E-state index contributed by atoms with van der Waals surface area (Å²) in [6, 6.07) is 2.24. The maximum absolute atomic E-state index is 13.2. The van der Waals surface area contributed by atoms with Gasteiger partial charge in [-0.25, -0.2) is 13.6 Å². The van der Waals surface area contributed by atoms with Crippen molar-refractivity contribution in [2.45, 2.75) is 32.3 Å². The van der Waals surface area contributed by atoms with Crippen LogP contribution in [0.3, 0.4) is 0 Å². The first kappa shape index (κ1) is 19.0. The number of primary amides is 1. The number of carbonyl (C=O) groups is 3. The Morgan fingerprint density at radius 3 is 2.48 bits per heavy atom. The van der Waals surface area contributed by atoms with E-state index in [9.17, 15) is 23.2 Å². The highest BCUT2D eigenvalue weighted by Gasteiger charge is 2.28. The Morgan fingerprint density at radius 2 is 1.85 bits per heavy atom. The molecule has 0 saturated carbocycles. The third kappa shape index (κ3) is 3.97. The molecule has 27 heavy (non-hydrogen) atoms. The molecule has 1 aliphatic carbocycles. The molecule has 0 unspecified atom stereocenters. The lowest BCUT2D eigenvalue weighted by Gasteiger charge is -2.13. The molecular weight excluding hydrogens is 378 g/mol. The van der Waals surface area contributed by atoms with Gasteiger partial charge in [-0.2, -0.15) is 0 Å². The zero-order chi connectivity index (χ0) is 19.7. The zero-order valence-electron chi connectivity index (χ0n) is 14.3. The average Bonchev–Trinajstić information content (AvgIpc) is 3.13. The van der Waals surface area contributed by atoms with Crippen molar-refractivity contribution in [3.63, 3.8) is 0 Å². The molecule has 1 heterocycles. The highest BCUT2D eigenvalue weighted by atomic mass is 32.1. The van der Waals surface area contributed by atoms with Gasteiger partial charge in [0.25, 0.3) is 11.8 Å². The van der Waals surface area contributed by atoms with Gasteiger partial charge in [-0.1, -0.05) is 0 Å². The fourth-order valence-corrected chi connectivity index (χ4v) is 4.22. The number of halogens is 2. The number of thiophene rings is 1. The number of amides is 2. The Bertz CT molecular complexity index is 921. The van der Waals surface area contributed by atoms with Gasteiger partial charge in [0.2, 0.25) is 0 Å². The van der Waals surface area contributed by atoms with Crippen molar-refractivity contribution in [1.82, 2.24) is 0 Å². The molecule has 2 aromatic rings. The maximum atomic E-state index is 13.2. The number of hydrogen-bond donors (Lipinski definition) is 2. The minimum Gasteiger partial charge on any atom is -0.449 e. The van der Waals surface area contributed by atoms with Gasteiger partial charge >= 0.3 is 5.97 Å². The van der Waals surface area contributed by atoms with E-state index in [0.717, 1.165) is 41.8 Å². The summed E-state index contributed by atoms with van der Waals surface area (Å²) in [7, 11) is 0. The van der Waals surface area contributed by atoms with E-state index >= 15 is 0 Å². The molecule has 0 aliphatic heterocycles. The van der Waals surface area contributed by atoms with Gasteiger partial charge in [-0.15, -0.1) is 11.3 Å². The van der Waals surface area contributed by atoms with Crippen LogP contribution in [0.2, 0.25) is 0 Å². The van der Waals surface area contributed by atoms with E-state index in [2.05, 4.69) is 5.32 Å². The second-order valence-electron chi connectivity index (χ2n) is 6.12. The number of ether oxygens (including phenoxy) is 1. The van der Waals surface area contributed by atoms with Gasteiger partial charge in [0.15, 0.2) is 6.10 Å². The SMILES string of the molecule is C[C@H](OC(=O)c1cc(F)cc(F)c1)C(=O)Nc1sc2c(c1C(N)=O)CCC2. The fourth-order valence-electron chi connectivity index (χ4n) is 2.92. The molecule has 0 saturated heterocycles. The molecule has 0 bridgehead atoms. The molecule has 1 aromatic heterocycles. The average molecular weight is 394 g/mol. The minimum atomic E-state index is -1.25. The molecule has 2 amide bonds. The standard InChI is InChI=1S/C18H16F2N2O4S/c1-8(26-18(25)9-5-10(19)7-11(20)6-9)16(24)22-17-14(15(21)23)12-3-2-4-13(12)27-17/h5-8H,2-4H2,1H3,(H2,21,23)(H,22,24)/t8-/m0/s1. The number of nitrogens with one attached hydrogen (secondary N) is 1. The van der Waals surface area contributed by atoms with Crippen molar-refractivity contribution in [3.8, 4) is 0 Å². The normalized spacial score (nSPS) is 13.7. The van der Waals surface area contributed by atoms with Crippen LogP contribution < -0.4 is 11.1 Å². The van der Waals surface area contributed by atoms with E-state index in [0.29, 0.717) is 11.1 Å². The summed E-state index contributed by atoms with van der Waals surface area (Å²) in [5, 5.41) is 2.87. The molecule has 1 atom stereocenters. The van der Waals surface area contributed by atoms with E-state index in [4.69, 9.17) is 10.5 Å². The molecule has 0 radical (unpaired) electrons. The van der Waals surface area contributed by atoms with E-state index < -0.39 is 35.5 Å². The molecule has 0 fully saturated rings. The summed E-state index contributed by atoms with van der Waals surface area (Å²) in [5.74, 6) is -4.22. The number of fused-ring (bicyclic) bond motifs is 1. The predicted octanol–water partition coefficient (Wildman–Crippen LogP) is 2.80. The van der Waals surface area contributed by atoms with Crippen molar-refractivity contribution in [3.05, 3.63) is 51.4 Å². The number of carbonyl (C=O) groups excluding carboxylic acids is 3. The van der Waals surface area contributed by atoms with Gasteiger partial charge in [0, 0.05) is 10.9 Å². The topological polar surface area (TPSA) is 98.5 Å². The van der Waals surface area contributed by atoms with Crippen molar-refractivity contribution in [2.24, 2.45) is 5.73 Å². The summed E-state index contributed by atoms with van der Waals surface area (Å²) in [5.41, 5.74) is 6.22. The zero-order valence-corrected chi connectivity index (χ0v) is 15.1. The van der Waals surface area contributed by atoms with Crippen molar-refractivity contribution >= 4 is 34.1 Å². The smallest absolute Gasteiger partial charge is 0.339 e. The van der Waals surface area contributed by atoms with Crippen LogP contribution >= 0.6 is 11.3 Å². The summed E-state index contributed by atoms with van der Waals surface area (Å²) < 4.78 is 31.4. The van der Waals surface area contributed by atoms with Crippen LogP contribution in [0, 0.1) is 11.6 Å². The van der Waals surface area contributed by atoms with E-state index in [-0.39, 0.29) is 11.1 Å². The van der Waals surface area contributed by atoms with E-state index in [1.807, 2.05) is 0 Å². The summed E-state index contributed by atoms with van der Waals surface area (Å²) in [6.07, 6.45) is 1.21. The highest BCUT2D eigenvalue weighted by Crippen LogP contribution is 2.38. The Labute approximate surface area is 157 Å². The summed E-state index contributed by atoms with van der Waals surface area (Å²) in [6.45, 7) is 1.31. The second kappa shape index (κ2) is 7.43. The van der Waals surface area contributed by atoms with Crippen LogP contribution in [0.4, 0.5) is 13.8 Å². The Kier molecular flexibility index (Phi) is 5.22. The Balaban J connectivity index is 1.71. The predicted molar refractivity (Wildman–Crippen MR) is 94.7 cm³/mol. The summed E-state index contributed by atoms with van der Waals surface area (Å²) in [4.78, 5) is 37.1. The first-order valence-corrected chi connectivity index (χ1v) is 9.00. The van der Waals surface area contributed by atoms with Gasteiger partial charge in [-0.05, 0) is 43.9 Å². The monoisotopic (exact) mass is 394 g/mol. The molecule has 3 rings (SSSR count). The molecule has 1 aliphatic rings. The number of anilines is 1. The second-order valence-corrected chi connectivity index (χ2v) is 7.23. The maximum Gasteiger partial charge on any atom is 0.339 e. The quantitative estimate of drug-likeness (QED) is 0.762. The van der Waals surface area contributed by atoms with E-state index in [1.165, 1.54) is 18.3 Å². The fraction of sp³-hybridized carbons (Fsp3) is 0.278. The van der Waals surface area contributed by atoms with Crippen LogP contribution in [0.15, 0.2) is 18.2 Å². The third-order valence-corrected chi connectivity index (χ3v) is 5.36. The van der Waals surface area contributed by atoms with Crippen LogP contribution in [0.25, 0.3) is 0 Å². The van der Waals surface area contributed by atoms with Crippen LogP contribution in [-0.4, -0.2) is 23.9 Å². The third-order valence-electron chi connectivity index (χ3n) is 4.16. The van der Waals surface area contributed by atoms with Gasteiger partial charge < -0.3 is 15.8 Å². The number of benzene rings is 1. The molecule has 142 valence electrons. The number of rotatable bonds is 5. The number of esters is 1. The van der Waals surface area contributed by atoms with Gasteiger partial charge in [0.05, 0.1) is 11.1 Å². The lowest BCUT2D eigenvalue weighted by molar-refractivity contribution is -0.123. The summed E-state index contributed by atoms with van der Waals surface area (Å²) >= 11 is 1.27. The van der Waals surface area contributed by atoms with Crippen LogP contribution in [0.5, 0.6) is 0 Å².